The van der Waals surface area contributed by atoms with Crippen molar-refractivity contribution in [3.63, 3.8) is 0 Å². The SMILES string of the molecule is C=CCOC(=O)CC(S)C(=O)OCC=C. The number of esters is 2. The molecule has 0 heterocycles. The molecule has 84 valence electrons. The summed E-state index contributed by atoms with van der Waals surface area (Å²) in [5.74, 6) is -1.07. The molecule has 0 radical (unpaired) electrons. The molecule has 0 saturated carbocycles. The van der Waals surface area contributed by atoms with Crippen molar-refractivity contribution in [3.05, 3.63) is 25.3 Å². The zero-order valence-corrected chi connectivity index (χ0v) is 9.24. The Kier molecular flexibility index (Phi) is 7.44. The second-order valence-corrected chi connectivity index (χ2v) is 3.23. The van der Waals surface area contributed by atoms with Crippen molar-refractivity contribution in [3.8, 4) is 0 Å². The molecule has 0 aliphatic carbocycles. The first kappa shape index (κ1) is 13.8. The lowest BCUT2D eigenvalue weighted by Crippen LogP contribution is -2.22. The van der Waals surface area contributed by atoms with Gasteiger partial charge in [0.1, 0.15) is 18.5 Å². The minimum atomic E-state index is -0.803. The lowest BCUT2D eigenvalue weighted by atomic mass is 10.3. The van der Waals surface area contributed by atoms with Crippen LogP contribution < -0.4 is 0 Å². The third-order valence-electron chi connectivity index (χ3n) is 1.34. The Hall–Kier alpha value is -1.23. The average molecular weight is 230 g/mol. The average Bonchev–Trinajstić information content (AvgIpc) is 2.22. The van der Waals surface area contributed by atoms with E-state index in [9.17, 15) is 9.59 Å². The first-order valence-corrected chi connectivity index (χ1v) is 4.85. The van der Waals surface area contributed by atoms with Crippen LogP contribution in [0.5, 0.6) is 0 Å². The highest BCUT2D eigenvalue weighted by Gasteiger charge is 2.19. The summed E-state index contributed by atoms with van der Waals surface area (Å²) >= 11 is 3.92. The fourth-order valence-corrected chi connectivity index (χ4v) is 0.913. The summed E-state index contributed by atoms with van der Waals surface area (Å²) in [4.78, 5) is 22.2. The van der Waals surface area contributed by atoms with E-state index in [-0.39, 0.29) is 19.6 Å². The summed E-state index contributed by atoms with van der Waals surface area (Å²) < 4.78 is 9.38. The number of ether oxygens (including phenoxy) is 2. The van der Waals surface area contributed by atoms with E-state index >= 15 is 0 Å². The van der Waals surface area contributed by atoms with Gasteiger partial charge in [0, 0.05) is 0 Å². The van der Waals surface area contributed by atoms with Crippen LogP contribution in [0.25, 0.3) is 0 Å². The maximum atomic E-state index is 11.1. The van der Waals surface area contributed by atoms with Crippen molar-refractivity contribution in [1.82, 2.24) is 0 Å². The largest absolute Gasteiger partial charge is 0.461 e. The summed E-state index contributed by atoms with van der Waals surface area (Å²) in [7, 11) is 0. The lowest BCUT2D eigenvalue weighted by molar-refractivity contribution is -0.148. The van der Waals surface area contributed by atoms with Gasteiger partial charge in [-0.05, 0) is 0 Å². The topological polar surface area (TPSA) is 52.6 Å². The van der Waals surface area contributed by atoms with Gasteiger partial charge in [0.15, 0.2) is 0 Å². The molecule has 5 heteroatoms. The molecule has 0 aliphatic heterocycles. The Morgan fingerprint density at radius 3 is 2.27 bits per heavy atom. The van der Waals surface area contributed by atoms with Crippen LogP contribution >= 0.6 is 12.6 Å². The van der Waals surface area contributed by atoms with Crippen LogP contribution in [-0.2, 0) is 19.1 Å². The molecule has 15 heavy (non-hydrogen) atoms. The van der Waals surface area contributed by atoms with Crippen molar-refractivity contribution in [1.29, 1.82) is 0 Å². The summed E-state index contributed by atoms with van der Waals surface area (Å²) in [6, 6.07) is 0. The zero-order chi connectivity index (χ0) is 11.7. The van der Waals surface area contributed by atoms with Gasteiger partial charge in [-0.1, -0.05) is 25.3 Å². The Balaban J connectivity index is 3.84. The molecule has 0 N–H and O–H groups in total. The van der Waals surface area contributed by atoms with E-state index in [0.29, 0.717) is 0 Å². The van der Waals surface area contributed by atoms with Gasteiger partial charge in [0.25, 0.3) is 0 Å². The Morgan fingerprint density at radius 1 is 1.20 bits per heavy atom. The highest BCUT2D eigenvalue weighted by molar-refractivity contribution is 7.81. The number of carbonyl (C=O) groups excluding carboxylic acids is 2. The van der Waals surface area contributed by atoms with Gasteiger partial charge in [-0.15, -0.1) is 0 Å². The molecule has 0 spiro atoms. The Bertz CT molecular complexity index is 250. The molecule has 0 rings (SSSR count). The smallest absolute Gasteiger partial charge is 0.319 e. The first-order chi connectivity index (χ1) is 7.11. The van der Waals surface area contributed by atoms with E-state index < -0.39 is 17.2 Å². The minimum Gasteiger partial charge on any atom is -0.461 e. The standard InChI is InChI=1S/C10H14O4S/c1-3-5-13-9(11)7-8(15)10(12)14-6-4-2/h3-4,8,15H,1-2,5-7H2. The molecule has 0 aromatic heterocycles. The molecule has 0 bridgehead atoms. The highest BCUT2D eigenvalue weighted by atomic mass is 32.1. The zero-order valence-electron chi connectivity index (χ0n) is 8.35. The lowest BCUT2D eigenvalue weighted by Gasteiger charge is -2.08. The highest BCUT2D eigenvalue weighted by Crippen LogP contribution is 2.05. The predicted octanol–water partition coefficient (Wildman–Crippen LogP) is 1.13. The van der Waals surface area contributed by atoms with E-state index in [0.717, 1.165) is 0 Å². The van der Waals surface area contributed by atoms with Crippen LogP contribution in [0.15, 0.2) is 25.3 Å². The van der Waals surface area contributed by atoms with Crippen molar-refractivity contribution in [2.24, 2.45) is 0 Å². The van der Waals surface area contributed by atoms with Crippen molar-refractivity contribution >= 4 is 24.6 Å². The van der Waals surface area contributed by atoms with Crippen LogP contribution in [0.4, 0.5) is 0 Å². The maximum Gasteiger partial charge on any atom is 0.319 e. The van der Waals surface area contributed by atoms with Crippen LogP contribution in [0.3, 0.4) is 0 Å². The summed E-state index contributed by atoms with van der Waals surface area (Å²) in [5, 5.41) is -0.803. The molecule has 0 fully saturated rings. The van der Waals surface area contributed by atoms with Gasteiger partial charge in [-0.3, -0.25) is 9.59 Å². The molecule has 0 amide bonds. The molecule has 0 aliphatic rings. The van der Waals surface area contributed by atoms with E-state index in [1.165, 1.54) is 12.2 Å². The second kappa shape index (κ2) is 8.11. The number of rotatable bonds is 7. The fraction of sp³-hybridized carbons (Fsp3) is 0.400. The van der Waals surface area contributed by atoms with Gasteiger partial charge in [0.05, 0.1) is 6.42 Å². The third kappa shape index (κ3) is 6.79. The summed E-state index contributed by atoms with van der Waals surface area (Å²) in [6.07, 6.45) is 2.77. The molecule has 0 saturated heterocycles. The maximum absolute atomic E-state index is 11.1. The molecule has 1 unspecified atom stereocenters. The predicted molar refractivity (Wildman–Crippen MR) is 59.7 cm³/mol. The Labute approximate surface area is 94.3 Å². The number of carbonyl (C=O) groups is 2. The molecular formula is C10H14O4S. The number of hydrogen-bond acceptors (Lipinski definition) is 5. The van der Waals surface area contributed by atoms with Crippen molar-refractivity contribution in [2.45, 2.75) is 11.7 Å². The Morgan fingerprint density at radius 2 is 1.73 bits per heavy atom. The second-order valence-electron chi connectivity index (χ2n) is 2.61. The van der Waals surface area contributed by atoms with E-state index in [1.54, 1.807) is 0 Å². The van der Waals surface area contributed by atoms with E-state index in [2.05, 4.69) is 30.5 Å². The van der Waals surface area contributed by atoms with E-state index in [1.807, 2.05) is 0 Å². The monoisotopic (exact) mass is 230 g/mol. The number of hydrogen-bond donors (Lipinski definition) is 1. The fourth-order valence-electron chi connectivity index (χ4n) is 0.689. The van der Waals surface area contributed by atoms with Crippen molar-refractivity contribution < 1.29 is 19.1 Å². The molecule has 0 aromatic rings. The molecule has 1 atom stereocenters. The first-order valence-electron chi connectivity index (χ1n) is 4.34. The van der Waals surface area contributed by atoms with Crippen LogP contribution in [0.2, 0.25) is 0 Å². The third-order valence-corrected chi connectivity index (χ3v) is 1.73. The molecular weight excluding hydrogens is 216 g/mol. The quantitative estimate of drug-likeness (QED) is 0.405. The van der Waals surface area contributed by atoms with Crippen molar-refractivity contribution in [2.75, 3.05) is 13.2 Å². The summed E-state index contributed by atoms with van der Waals surface area (Å²) in [6.45, 7) is 7.01. The van der Waals surface area contributed by atoms with Gasteiger partial charge < -0.3 is 9.47 Å². The van der Waals surface area contributed by atoms with E-state index in [4.69, 9.17) is 4.74 Å². The van der Waals surface area contributed by atoms with Gasteiger partial charge in [-0.25, -0.2) is 0 Å². The van der Waals surface area contributed by atoms with Gasteiger partial charge in [0.2, 0.25) is 0 Å². The molecule has 0 aromatic carbocycles. The normalized spacial score (nSPS) is 11.3. The van der Waals surface area contributed by atoms with Gasteiger partial charge in [-0.2, -0.15) is 12.6 Å². The molecule has 4 nitrogen and oxygen atoms in total. The number of thiol groups is 1. The van der Waals surface area contributed by atoms with Crippen LogP contribution in [0.1, 0.15) is 6.42 Å². The van der Waals surface area contributed by atoms with Gasteiger partial charge >= 0.3 is 11.9 Å². The van der Waals surface area contributed by atoms with Crippen LogP contribution in [0, 0.1) is 0 Å². The summed E-state index contributed by atoms with van der Waals surface area (Å²) in [5.41, 5.74) is 0. The minimum absolute atomic E-state index is 0.109. The van der Waals surface area contributed by atoms with Crippen LogP contribution in [-0.4, -0.2) is 30.4 Å².